The first kappa shape index (κ1) is 17.2. The molecule has 3 aromatic rings. The number of nitrogens with one attached hydrogen (secondary N) is 1. The monoisotopic (exact) mass is 373 g/mol. The van der Waals surface area contributed by atoms with E-state index in [1.54, 1.807) is 18.2 Å². The second-order valence-corrected chi connectivity index (χ2v) is 6.70. The molecule has 0 bridgehead atoms. The number of ether oxygens (including phenoxy) is 1. The SMILES string of the molecule is C#Cc1ccc(NC(=O)OCC2c3ccccc3-c3ccccc32)c(Cl)c1. The van der Waals surface area contributed by atoms with Crippen LogP contribution in [-0.2, 0) is 4.74 Å². The van der Waals surface area contributed by atoms with E-state index in [1.807, 2.05) is 24.3 Å². The first-order valence-electron chi connectivity index (χ1n) is 8.55. The quantitative estimate of drug-likeness (QED) is 0.599. The Morgan fingerprint density at radius 1 is 1.04 bits per heavy atom. The summed E-state index contributed by atoms with van der Waals surface area (Å²) >= 11 is 6.15. The van der Waals surface area contributed by atoms with Gasteiger partial charge in [-0.3, -0.25) is 5.32 Å². The second kappa shape index (κ2) is 7.19. The summed E-state index contributed by atoms with van der Waals surface area (Å²) in [4.78, 5) is 12.3. The van der Waals surface area contributed by atoms with E-state index in [0.717, 1.165) is 0 Å². The van der Waals surface area contributed by atoms with Gasteiger partial charge in [0.05, 0.1) is 10.7 Å². The predicted molar refractivity (Wildman–Crippen MR) is 108 cm³/mol. The van der Waals surface area contributed by atoms with Gasteiger partial charge in [-0.2, -0.15) is 0 Å². The molecule has 1 N–H and O–H groups in total. The van der Waals surface area contributed by atoms with Crippen molar-refractivity contribution in [1.29, 1.82) is 0 Å². The molecule has 1 aliphatic carbocycles. The van der Waals surface area contributed by atoms with Crippen LogP contribution in [0, 0.1) is 12.3 Å². The van der Waals surface area contributed by atoms with Crippen LogP contribution in [0.2, 0.25) is 5.02 Å². The fourth-order valence-corrected chi connectivity index (χ4v) is 3.68. The molecule has 0 fully saturated rings. The molecule has 132 valence electrons. The van der Waals surface area contributed by atoms with Gasteiger partial charge in [-0.05, 0) is 40.5 Å². The minimum atomic E-state index is -0.549. The first-order valence-corrected chi connectivity index (χ1v) is 8.93. The number of fused-ring (bicyclic) bond motifs is 3. The molecule has 0 saturated carbocycles. The Labute approximate surface area is 162 Å². The van der Waals surface area contributed by atoms with E-state index in [0.29, 0.717) is 16.3 Å². The van der Waals surface area contributed by atoms with Crippen LogP contribution in [0.5, 0.6) is 0 Å². The summed E-state index contributed by atoms with van der Waals surface area (Å²) in [5.74, 6) is 2.52. The van der Waals surface area contributed by atoms with Crippen LogP contribution in [-0.4, -0.2) is 12.7 Å². The number of hydrogen-bond acceptors (Lipinski definition) is 2. The normalized spacial score (nSPS) is 12.0. The summed E-state index contributed by atoms with van der Waals surface area (Å²) < 4.78 is 5.51. The largest absolute Gasteiger partial charge is 0.448 e. The zero-order chi connectivity index (χ0) is 18.8. The minimum absolute atomic E-state index is 0.0161. The lowest BCUT2D eigenvalue weighted by Gasteiger charge is -2.15. The van der Waals surface area contributed by atoms with Gasteiger partial charge in [0, 0.05) is 11.5 Å². The van der Waals surface area contributed by atoms with Gasteiger partial charge in [0.1, 0.15) is 6.61 Å². The number of anilines is 1. The molecule has 0 heterocycles. The molecule has 0 unspecified atom stereocenters. The highest BCUT2D eigenvalue weighted by Gasteiger charge is 2.29. The lowest BCUT2D eigenvalue weighted by Crippen LogP contribution is -2.18. The topological polar surface area (TPSA) is 38.3 Å². The Morgan fingerprint density at radius 3 is 2.26 bits per heavy atom. The molecule has 1 aliphatic rings. The van der Waals surface area contributed by atoms with Crippen molar-refractivity contribution in [3.63, 3.8) is 0 Å². The van der Waals surface area contributed by atoms with Crippen LogP contribution in [0.25, 0.3) is 11.1 Å². The highest BCUT2D eigenvalue weighted by Crippen LogP contribution is 2.44. The van der Waals surface area contributed by atoms with Crippen LogP contribution in [0.4, 0.5) is 10.5 Å². The number of carbonyl (C=O) groups excluding carboxylic acids is 1. The van der Waals surface area contributed by atoms with E-state index >= 15 is 0 Å². The predicted octanol–water partition coefficient (Wildman–Crippen LogP) is 5.68. The number of amides is 1. The van der Waals surface area contributed by atoms with Crippen LogP contribution in [0.15, 0.2) is 66.7 Å². The fourth-order valence-electron chi connectivity index (χ4n) is 3.45. The third-order valence-electron chi connectivity index (χ3n) is 4.72. The van der Waals surface area contributed by atoms with Gasteiger partial charge in [-0.1, -0.05) is 66.1 Å². The summed E-state index contributed by atoms with van der Waals surface area (Å²) in [5.41, 5.74) is 5.84. The van der Waals surface area contributed by atoms with Gasteiger partial charge >= 0.3 is 6.09 Å². The molecule has 0 aliphatic heterocycles. The Kier molecular flexibility index (Phi) is 4.58. The van der Waals surface area contributed by atoms with Crippen molar-refractivity contribution in [2.75, 3.05) is 11.9 Å². The number of rotatable bonds is 3. The second-order valence-electron chi connectivity index (χ2n) is 6.29. The summed E-state index contributed by atoms with van der Waals surface area (Å²) in [6.45, 7) is 0.250. The maximum Gasteiger partial charge on any atom is 0.411 e. The van der Waals surface area contributed by atoms with Crippen LogP contribution < -0.4 is 5.32 Å². The van der Waals surface area contributed by atoms with E-state index in [1.165, 1.54) is 22.3 Å². The van der Waals surface area contributed by atoms with E-state index in [4.69, 9.17) is 22.8 Å². The van der Waals surface area contributed by atoms with E-state index < -0.39 is 6.09 Å². The number of halogens is 1. The molecule has 0 radical (unpaired) electrons. The number of hydrogen-bond donors (Lipinski definition) is 1. The Bertz CT molecular complexity index is 1020. The van der Waals surface area contributed by atoms with Crippen molar-refractivity contribution < 1.29 is 9.53 Å². The molecule has 0 spiro atoms. The zero-order valence-corrected chi connectivity index (χ0v) is 15.2. The zero-order valence-electron chi connectivity index (χ0n) is 14.4. The summed E-state index contributed by atoms with van der Waals surface area (Å²) in [6.07, 6.45) is 4.80. The highest BCUT2D eigenvalue weighted by atomic mass is 35.5. The molecule has 0 saturated heterocycles. The Balaban J connectivity index is 1.49. The maximum absolute atomic E-state index is 12.3. The van der Waals surface area contributed by atoms with E-state index in [2.05, 4.69) is 35.5 Å². The lowest BCUT2D eigenvalue weighted by atomic mass is 9.98. The van der Waals surface area contributed by atoms with Crippen molar-refractivity contribution in [3.8, 4) is 23.5 Å². The third-order valence-corrected chi connectivity index (χ3v) is 5.03. The van der Waals surface area contributed by atoms with Crippen LogP contribution >= 0.6 is 11.6 Å². The summed E-state index contributed by atoms with van der Waals surface area (Å²) in [5, 5.41) is 3.05. The average Bonchev–Trinajstić information content (AvgIpc) is 3.02. The van der Waals surface area contributed by atoms with Crippen molar-refractivity contribution in [2.45, 2.75) is 5.92 Å². The number of terminal acetylenes is 1. The lowest BCUT2D eigenvalue weighted by molar-refractivity contribution is 0.158. The van der Waals surface area contributed by atoms with Crippen molar-refractivity contribution in [1.82, 2.24) is 0 Å². The first-order chi connectivity index (χ1) is 13.2. The summed E-state index contributed by atoms with van der Waals surface area (Å²) in [6, 6.07) is 21.4. The van der Waals surface area contributed by atoms with Gasteiger partial charge in [-0.25, -0.2) is 4.79 Å². The average molecular weight is 374 g/mol. The molecular formula is C23H16ClNO2. The number of carbonyl (C=O) groups is 1. The fraction of sp³-hybridized carbons (Fsp3) is 0.0870. The van der Waals surface area contributed by atoms with Gasteiger partial charge in [0.15, 0.2) is 0 Å². The Hall–Kier alpha value is -3.22. The molecule has 4 rings (SSSR count). The molecule has 3 nitrogen and oxygen atoms in total. The highest BCUT2D eigenvalue weighted by molar-refractivity contribution is 6.33. The van der Waals surface area contributed by atoms with Crippen LogP contribution in [0.3, 0.4) is 0 Å². The molecule has 4 heteroatoms. The molecule has 3 aromatic carbocycles. The standard InChI is InChI=1S/C23H16ClNO2/c1-2-15-11-12-22(21(24)13-15)25-23(26)27-14-20-18-9-5-3-7-16(18)17-8-4-6-10-19(17)20/h1,3-13,20H,14H2,(H,25,26). The maximum atomic E-state index is 12.3. The van der Waals surface area contributed by atoms with Crippen molar-refractivity contribution in [3.05, 3.63) is 88.4 Å². The molecule has 1 amide bonds. The number of benzene rings is 3. The van der Waals surface area contributed by atoms with E-state index in [-0.39, 0.29) is 12.5 Å². The molecule has 0 aromatic heterocycles. The molecule has 27 heavy (non-hydrogen) atoms. The van der Waals surface area contributed by atoms with Gasteiger partial charge < -0.3 is 4.74 Å². The molecule has 0 atom stereocenters. The third kappa shape index (κ3) is 3.28. The van der Waals surface area contributed by atoms with Gasteiger partial charge in [0.25, 0.3) is 0 Å². The van der Waals surface area contributed by atoms with E-state index in [9.17, 15) is 4.79 Å². The van der Waals surface area contributed by atoms with Gasteiger partial charge in [-0.15, -0.1) is 6.42 Å². The molecular weight excluding hydrogens is 358 g/mol. The minimum Gasteiger partial charge on any atom is -0.448 e. The summed E-state index contributed by atoms with van der Waals surface area (Å²) in [7, 11) is 0. The van der Waals surface area contributed by atoms with Gasteiger partial charge in [0.2, 0.25) is 0 Å². The van der Waals surface area contributed by atoms with Crippen molar-refractivity contribution >= 4 is 23.4 Å². The van der Waals surface area contributed by atoms with Crippen LogP contribution in [0.1, 0.15) is 22.6 Å². The smallest absolute Gasteiger partial charge is 0.411 e. The Morgan fingerprint density at radius 2 is 1.67 bits per heavy atom. The van der Waals surface area contributed by atoms with Crippen molar-refractivity contribution in [2.24, 2.45) is 0 Å².